The van der Waals surface area contributed by atoms with Crippen LogP contribution in [0.3, 0.4) is 0 Å². The Hall–Kier alpha value is -1.77. The van der Waals surface area contributed by atoms with Gasteiger partial charge in [0, 0.05) is 25.8 Å². The number of halogens is 1. The first-order valence-corrected chi connectivity index (χ1v) is 9.48. The number of ether oxygens (including phenoxy) is 1. The minimum Gasteiger partial charge on any atom is -0.491 e. The fraction of sp³-hybridized carbons (Fsp3) is 0.524. The van der Waals surface area contributed by atoms with Crippen LogP contribution >= 0.6 is 24.0 Å². The summed E-state index contributed by atoms with van der Waals surface area (Å²) in [4.78, 5) is 4.32. The van der Waals surface area contributed by atoms with Crippen molar-refractivity contribution in [2.45, 2.75) is 47.1 Å². The van der Waals surface area contributed by atoms with Gasteiger partial charge in [-0.05, 0) is 57.7 Å². The Kier molecular flexibility index (Phi) is 9.78. The largest absolute Gasteiger partial charge is 0.491 e. The maximum absolute atomic E-state index is 5.94. The van der Waals surface area contributed by atoms with E-state index in [9.17, 15) is 0 Å². The van der Waals surface area contributed by atoms with Gasteiger partial charge in [-0.1, -0.05) is 18.2 Å². The van der Waals surface area contributed by atoms with Crippen molar-refractivity contribution in [1.29, 1.82) is 0 Å². The van der Waals surface area contributed by atoms with E-state index >= 15 is 0 Å². The molecule has 2 N–H and O–H groups in total. The minimum absolute atomic E-state index is 0. The zero-order chi connectivity index (χ0) is 20.0. The standard InChI is InChI=1S/C21H33N5O.HI/c1-14-9-8-10-15(2)20(14)27-12-11-23-21(22-6)24-16(3)13-19-17(4)25-26(7)18(19)5;/h8-10,16H,11-13H2,1-7H3,(H2,22,23,24);1H. The third kappa shape index (κ3) is 6.39. The van der Waals surface area contributed by atoms with Crippen LogP contribution in [0.25, 0.3) is 0 Å². The van der Waals surface area contributed by atoms with Gasteiger partial charge in [-0.2, -0.15) is 5.10 Å². The van der Waals surface area contributed by atoms with E-state index in [4.69, 9.17) is 4.74 Å². The van der Waals surface area contributed by atoms with Crippen LogP contribution in [0, 0.1) is 27.7 Å². The molecule has 6 nitrogen and oxygen atoms in total. The van der Waals surface area contributed by atoms with Crippen LogP contribution in [0.1, 0.15) is 35.0 Å². The summed E-state index contributed by atoms with van der Waals surface area (Å²) in [6, 6.07) is 6.44. The van der Waals surface area contributed by atoms with Crippen molar-refractivity contribution in [3.63, 3.8) is 0 Å². The van der Waals surface area contributed by atoms with E-state index in [1.165, 1.54) is 11.3 Å². The molecule has 0 amide bonds. The normalized spacial score (nSPS) is 12.3. The van der Waals surface area contributed by atoms with Gasteiger partial charge in [0.15, 0.2) is 5.96 Å². The van der Waals surface area contributed by atoms with Gasteiger partial charge in [0.2, 0.25) is 0 Å². The first kappa shape index (κ1) is 24.3. The van der Waals surface area contributed by atoms with Crippen molar-refractivity contribution in [2.75, 3.05) is 20.2 Å². The zero-order valence-corrected chi connectivity index (χ0v) is 20.4. The molecule has 156 valence electrons. The predicted octanol–water partition coefficient (Wildman–Crippen LogP) is 3.45. The Labute approximate surface area is 186 Å². The average molecular weight is 499 g/mol. The second kappa shape index (κ2) is 11.3. The number of guanidine groups is 1. The lowest BCUT2D eigenvalue weighted by Gasteiger charge is -2.19. The molecular formula is C21H34IN5O. The number of aliphatic imine (C=N–C) groups is 1. The van der Waals surface area contributed by atoms with Crippen molar-refractivity contribution in [3.05, 3.63) is 46.3 Å². The highest BCUT2D eigenvalue weighted by Gasteiger charge is 2.14. The molecule has 0 aliphatic heterocycles. The molecule has 2 aromatic rings. The summed E-state index contributed by atoms with van der Waals surface area (Å²) >= 11 is 0. The van der Waals surface area contributed by atoms with Crippen LogP contribution in [-0.2, 0) is 13.5 Å². The van der Waals surface area contributed by atoms with Gasteiger partial charge in [0.1, 0.15) is 12.4 Å². The molecule has 0 spiro atoms. The second-order valence-electron chi connectivity index (χ2n) is 7.09. The van der Waals surface area contributed by atoms with E-state index in [-0.39, 0.29) is 30.0 Å². The van der Waals surface area contributed by atoms with E-state index in [0.29, 0.717) is 13.2 Å². The summed E-state index contributed by atoms with van der Waals surface area (Å²) in [6.45, 7) is 11.7. The third-order valence-electron chi connectivity index (χ3n) is 4.83. The quantitative estimate of drug-likeness (QED) is 0.265. The van der Waals surface area contributed by atoms with Crippen LogP contribution in [0.2, 0.25) is 0 Å². The molecular weight excluding hydrogens is 465 g/mol. The number of rotatable bonds is 7. The number of nitrogens with one attached hydrogen (secondary N) is 2. The van der Waals surface area contributed by atoms with Gasteiger partial charge in [-0.25, -0.2) is 0 Å². The Morgan fingerprint density at radius 3 is 2.39 bits per heavy atom. The number of benzene rings is 1. The van der Waals surface area contributed by atoms with Crippen molar-refractivity contribution in [1.82, 2.24) is 20.4 Å². The molecule has 0 radical (unpaired) electrons. The zero-order valence-electron chi connectivity index (χ0n) is 18.1. The number of aromatic nitrogens is 2. The molecule has 0 saturated heterocycles. The average Bonchev–Trinajstić information content (AvgIpc) is 2.85. The van der Waals surface area contributed by atoms with Crippen LogP contribution in [0.4, 0.5) is 0 Å². The Morgan fingerprint density at radius 1 is 1.21 bits per heavy atom. The molecule has 1 aromatic carbocycles. The van der Waals surface area contributed by atoms with Crippen LogP contribution < -0.4 is 15.4 Å². The summed E-state index contributed by atoms with van der Waals surface area (Å²) in [5.74, 6) is 1.75. The van der Waals surface area contributed by atoms with Crippen LogP contribution in [0.5, 0.6) is 5.75 Å². The number of aryl methyl sites for hydroxylation is 4. The van der Waals surface area contributed by atoms with Crippen molar-refractivity contribution < 1.29 is 4.74 Å². The Bertz CT molecular complexity index is 780. The SMILES string of the molecule is CN=C(NCCOc1c(C)cccc1C)NC(C)Cc1c(C)nn(C)c1C.I. The van der Waals surface area contributed by atoms with E-state index in [1.807, 2.05) is 11.7 Å². The molecule has 2 rings (SSSR count). The van der Waals surface area contributed by atoms with E-state index < -0.39 is 0 Å². The number of hydrogen-bond acceptors (Lipinski definition) is 3. The molecule has 1 unspecified atom stereocenters. The number of hydrogen-bond donors (Lipinski definition) is 2. The molecule has 0 bridgehead atoms. The monoisotopic (exact) mass is 499 g/mol. The van der Waals surface area contributed by atoms with Crippen molar-refractivity contribution in [2.24, 2.45) is 12.0 Å². The molecule has 0 aliphatic rings. The smallest absolute Gasteiger partial charge is 0.191 e. The lowest BCUT2D eigenvalue weighted by atomic mass is 10.1. The summed E-state index contributed by atoms with van der Waals surface area (Å²) in [5.41, 5.74) is 5.92. The fourth-order valence-corrected chi connectivity index (χ4v) is 3.25. The number of para-hydroxylation sites is 1. The lowest BCUT2D eigenvalue weighted by Crippen LogP contribution is -2.44. The first-order chi connectivity index (χ1) is 12.8. The summed E-state index contributed by atoms with van der Waals surface area (Å²) in [7, 11) is 3.77. The lowest BCUT2D eigenvalue weighted by molar-refractivity contribution is 0.317. The molecule has 1 aromatic heterocycles. The molecule has 1 atom stereocenters. The maximum atomic E-state index is 5.94. The van der Waals surface area contributed by atoms with Gasteiger partial charge in [-0.3, -0.25) is 9.67 Å². The Balaban J connectivity index is 0.00000392. The van der Waals surface area contributed by atoms with Gasteiger partial charge in [0.05, 0.1) is 12.2 Å². The number of nitrogens with zero attached hydrogens (tertiary/aromatic N) is 3. The minimum atomic E-state index is 0. The highest BCUT2D eigenvalue weighted by atomic mass is 127. The van der Waals surface area contributed by atoms with Gasteiger partial charge >= 0.3 is 0 Å². The summed E-state index contributed by atoms with van der Waals surface area (Å²) < 4.78 is 7.88. The highest BCUT2D eigenvalue weighted by molar-refractivity contribution is 14.0. The van der Waals surface area contributed by atoms with Gasteiger partial charge < -0.3 is 15.4 Å². The van der Waals surface area contributed by atoms with Gasteiger partial charge in [0.25, 0.3) is 0 Å². The molecule has 0 saturated carbocycles. The van der Waals surface area contributed by atoms with E-state index in [1.54, 1.807) is 7.05 Å². The van der Waals surface area contributed by atoms with Crippen LogP contribution in [-0.4, -0.2) is 42.0 Å². The van der Waals surface area contributed by atoms with E-state index in [0.717, 1.165) is 35.0 Å². The van der Waals surface area contributed by atoms with E-state index in [2.05, 4.69) is 73.5 Å². The molecule has 0 aliphatic carbocycles. The molecule has 1 heterocycles. The first-order valence-electron chi connectivity index (χ1n) is 9.48. The second-order valence-corrected chi connectivity index (χ2v) is 7.09. The fourth-order valence-electron chi connectivity index (χ4n) is 3.25. The molecule has 7 heteroatoms. The van der Waals surface area contributed by atoms with Crippen LogP contribution in [0.15, 0.2) is 23.2 Å². The van der Waals surface area contributed by atoms with Crippen molar-refractivity contribution in [3.8, 4) is 5.75 Å². The Morgan fingerprint density at radius 2 is 1.86 bits per heavy atom. The summed E-state index contributed by atoms with van der Waals surface area (Å²) in [5, 5.41) is 11.3. The maximum Gasteiger partial charge on any atom is 0.191 e. The molecule has 28 heavy (non-hydrogen) atoms. The summed E-state index contributed by atoms with van der Waals surface area (Å²) in [6.07, 6.45) is 0.908. The predicted molar refractivity (Wildman–Crippen MR) is 127 cm³/mol. The van der Waals surface area contributed by atoms with Gasteiger partial charge in [-0.15, -0.1) is 24.0 Å². The topological polar surface area (TPSA) is 63.5 Å². The highest BCUT2D eigenvalue weighted by Crippen LogP contribution is 2.21. The molecule has 0 fully saturated rings. The van der Waals surface area contributed by atoms with Crippen molar-refractivity contribution >= 4 is 29.9 Å². The third-order valence-corrected chi connectivity index (χ3v) is 4.83.